The zero-order valence-corrected chi connectivity index (χ0v) is 11.3. The zero-order chi connectivity index (χ0) is 10.7. The molecule has 3 nitrogen and oxygen atoms in total. The second-order valence-corrected chi connectivity index (χ2v) is 6.38. The van der Waals surface area contributed by atoms with Crippen LogP contribution in [0.25, 0.3) is 0 Å². The van der Waals surface area contributed by atoms with Crippen molar-refractivity contribution in [1.29, 1.82) is 0 Å². The van der Waals surface area contributed by atoms with E-state index in [2.05, 4.69) is 32.3 Å². The van der Waals surface area contributed by atoms with E-state index in [-0.39, 0.29) is 0 Å². The van der Waals surface area contributed by atoms with Crippen molar-refractivity contribution in [2.24, 2.45) is 0 Å². The Morgan fingerprint density at radius 2 is 2.13 bits per heavy atom. The molecule has 1 heterocycles. The van der Waals surface area contributed by atoms with Gasteiger partial charge in [-0.25, -0.2) is 9.19 Å². The summed E-state index contributed by atoms with van der Waals surface area (Å²) in [4.78, 5) is 4.18. The minimum atomic E-state index is -0.968. The molecule has 82 valence electrons. The number of halogens is 1. The Morgan fingerprint density at radius 1 is 1.40 bits per heavy atom. The molecule has 1 unspecified atom stereocenters. The lowest BCUT2D eigenvalue weighted by Gasteiger charge is -2.10. The largest absolute Gasteiger partial charge is 0.289 e. The fourth-order valence-electron chi connectivity index (χ4n) is 1.73. The first-order valence-corrected chi connectivity index (χ1v) is 7.33. The molecule has 5 heteroatoms. The third kappa shape index (κ3) is 3.14. The van der Waals surface area contributed by atoms with Crippen molar-refractivity contribution in [3.63, 3.8) is 0 Å². The predicted octanol–water partition coefficient (Wildman–Crippen LogP) is 2.70. The maximum Gasteiger partial charge on any atom is 0.137 e. The van der Waals surface area contributed by atoms with Crippen molar-refractivity contribution in [3.05, 3.63) is 21.9 Å². The van der Waals surface area contributed by atoms with Gasteiger partial charge < -0.3 is 0 Å². The summed E-state index contributed by atoms with van der Waals surface area (Å²) < 4.78 is 15.9. The first-order chi connectivity index (χ1) is 7.25. The smallest absolute Gasteiger partial charge is 0.137 e. The summed E-state index contributed by atoms with van der Waals surface area (Å²) in [7, 11) is -0.968. The maximum absolute atomic E-state index is 11.9. The van der Waals surface area contributed by atoms with Gasteiger partial charge >= 0.3 is 0 Å². The number of anilines is 1. The summed E-state index contributed by atoms with van der Waals surface area (Å²) in [6.07, 6.45) is 6.33. The van der Waals surface area contributed by atoms with E-state index in [4.69, 9.17) is 0 Å². The molecule has 1 fully saturated rings. The van der Waals surface area contributed by atoms with Gasteiger partial charge in [-0.1, -0.05) is 12.8 Å². The van der Waals surface area contributed by atoms with Crippen molar-refractivity contribution in [2.75, 3.05) is 4.72 Å². The van der Waals surface area contributed by atoms with Crippen LogP contribution in [0.1, 0.15) is 25.7 Å². The Morgan fingerprint density at radius 3 is 2.73 bits per heavy atom. The van der Waals surface area contributed by atoms with Gasteiger partial charge in [0.15, 0.2) is 0 Å². The zero-order valence-electron chi connectivity index (χ0n) is 8.28. The lowest BCUT2D eigenvalue weighted by molar-refractivity contribution is 0.673. The van der Waals surface area contributed by atoms with E-state index in [1.807, 2.05) is 12.1 Å². The molecule has 1 aromatic rings. The van der Waals surface area contributed by atoms with Crippen LogP contribution in [0.5, 0.6) is 0 Å². The number of rotatable bonds is 3. The van der Waals surface area contributed by atoms with Crippen LogP contribution in [0.4, 0.5) is 5.82 Å². The van der Waals surface area contributed by atoms with Crippen LogP contribution < -0.4 is 4.72 Å². The lowest BCUT2D eigenvalue weighted by Crippen LogP contribution is -2.18. The van der Waals surface area contributed by atoms with Crippen molar-refractivity contribution < 1.29 is 4.21 Å². The number of nitrogens with one attached hydrogen (secondary N) is 1. The summed E-state index contributed by atoms with van der Waals surface area (Å²) in [6.45, 7) is 0. The van der Waals surface area contributed by atoms with E-state index in [0.717, 1.165) is 16.4 Å². The fourth-order valence-corrected chi connectivity index (χ4v) is 3.30. The minimum absolute atomic E-state index is 0.311. The van der Waals surface area contributed by atoms with E-state index >= 15 is 0 Å². The van der Waals surface area contributed by atoms with Crippen molar-refractivity contribution in [3.8, 4) is 0 Å². The number of aromatic nitrogens is 1. The predicted molar refractivity (Wildman–Crippen MR) is 71.0 cm³/mol. The summed E-state index contributed by atoms with van der Waals surface area (Å²) in [5.41, 5.74) is 0. The highest BCUT2D eigenvalue weighted by atomic mass is 127. The average Bonchev–Trinajstić information content (AvgIpc) is 2.74. The van der Waals surface area contributed by atoms with Gasteiger partial charge in [0, 0.05) is 9.77 Å². The molecule has 0 saturated heterocycles. The van der Waals surface area contributed by atoms with Gasteiger partial charge in [0.1, 0.15) is 16.8 Å². The molecule has 2 rings (SSSR count). The first-order valence-electron chi connectivity index (χ1n) is 5.04. The Labute approximate surface area is 106 Å². The van der Waals surface area contributed by atoms with Crippen molar-refractivity contribution in [2.45, 2.75) is 30.9 Å². The first kappa shape index (κ1) is 11.3. The second-order valence-electron chi connectivity index (χ2n) is 3.67. The van der Waals surface area contributed by atoms with Crippen LogP contribution in [0.3, 0.4) is 0 Å². The topological polar surface area (TPSA) is 42.0 Å². The third-order valence-corrected chi connectivity index (χ3v) is 4.66. The Hall–Kier alpha value is -0.170. The van der Waals surface area contributed by atoms with Gasteiger partial charge in [0.2, 0.25) is 0 Å². The Bertz CT molecular complexity index is 349. The molecule has 1 aliphatic carbocycles. The molecule has 0 aromatic carbocycles. The number of hydrogen-bond donors (Lipinski definition) is 1. The van der Waals surface area contributed by atoms with Crippen LogP contribution in [0.15, 0.2) is 18.3 Å². The SMILES string of the molecule is O=S(Nc1ccc(I)cn1)C1CCCC1. The summed E-state index contributed by atoms with van der Waals surface area (Å²) in [5, 5.41) is 0.311. The quantitative estimate of drug-likeness (QED) is 0.863. The maximum atomic E-state index is 11.9. The molecule has 1 atom stereocenters. The molecule has 0 radical (unpaired) electrons. The van der Waals surface area contributed by atoms with Crippen LogP contribution >= 0.6 is 22.6 Å². The van der Waals surface area contributed by atoms with E-state index < -0.39 is 11.0 Å². The van der Waals surface area contributed by atoms with Crippen LogP contribution in [0, 0.1) is 3.57 Å². The fraction of sp³-hybridized carbons (Fsp3) is 0.500. The van der Waals surface area contributed by atoms with Crippen LogP contribution in [-0.2, 0) is 11.0 Å². The van der Waals surface area contributed by atoms with E-state index in [1.165, 1.54) is 12.8 Å². The van der Waals surface area contributed by atoms with E-state index in [1.54, 1.807) is 6.20 Å². The highest BCUT2D eigenvalue weighted by Crippen LogP contribution is 2.23. The number of hydrogen-bond acceptors (Lipinski definition) is 2. The van der Waals surface area contributed by atoms with Crippen molar-refractivity contribution in [1.82, 2.24) is 4.98 Å². The summed E-state index contributed by atoms with van der Waals surface area (Å²) in [6, 6.07) is 3.83. The normalized spacial score (nSPS) is 19.0. The van der Waals surface area contributed by atoms with Gasteiger partial charge in [-0.15, -0.1) is 0 Å². The molecular formula is C10H13IN2OS. The summed E-state index contributed by atoms with van der Waals surface area (Å²) >= 11 is 2.20. The van der Waals surface area contributed by atoms with Gasteiger partial charge in [-0.05, 0) is 47.6 Å². The van der Waals surface area contributed by atoms with Gasteiger partial charge in [-0.2, -0.15) is 0 Å². The Balaban J connectivity index is 1.96. The molecule has 1 aliphatic rings. The molecule has 1 aromatic heterocycles. The molecule has 1 saturated carbocycles. The van der Waals surface area contributed by atoms with Gasteiger partial charge in [0.25, 0.3) is 0 Å². The van der Waals surface area contributed by atoms with E-state index in [0.29, 0.717) is 11.1 Å². The standard InChI is InChI=1S/C10H13IN2OS/c11-8-5-6-10(12-7-8)13-15(14)9-3-1-2-4-9/h5-7,9H,1-4H2,(H,12,13). The number of pyridine rings is 1. The van der Waals surface area contributed by atoms with Gasteiger partial charge in [-0.3, -0.25) is 4.72 Å². The molecule has 0 amide bonds. The van der Waals surface area contributed by atoms with E-state index in [9.17, 15) is 4.21 Å². The average molecular weight is 336 g/mol. The molecule has 0 bridgehead atoms. The molecular weight excluding hydrogens is 323 g/mol. The number of nitrogens with zero attached hydrogens (tertiary/aromatic N) is 1. The highest BCUT2D eigenvalue weighted by molar-refractivity contribution is 14.1. The molecule has 0 aliphatic heterocycles. The summed E-state index contributed by atoms with van der Waals surface area (Å²) in [5.74, 6) is 0.709. The van der Waals surface area contributed by atoms with Gasteiger partial charge in [0.05, 0.1) is 5.25 Å². The molecule has 15 heavy (non-hydrogen) atoms. The molecule has 1 N–H and O–H groups in total. The third-order valence-electron chi connectivity index (χ3n) is 2.54. The molecule has 0 spiro atoms. The van der Waals surface area contributed by atoms with Crippen molar-refractivity contribution >= 4 is 39.4 Å². The van der Waals surface area contributed by atoms with Crippen LogP contribution in [0.2, 0.25) is 0 Å². The minimum Gasteiger partial charge on any atom is -0.289 e. The Kier molecular flexibility index (Phi) is 3.96. The van der Waals surface area contributed by atoms with Crippen LogP contribution in [-0.4, -0.2) is 14.4 Å². The lowest BCUT2D eigenvalue weighted by atomic mass is 10.4. The second kappa shape index (κ2) is 5.25. The monoisotopic (exact) mass is 336 g/mol. The highest BCUT2D eigenvalue weighted by Gasteiger charge is 2.21.